The summed E-state index contributed by atoms with van der Waals surface area (Å²) in [5.41, 5.74) is -0.120. The van der Waals surface area contributed by atoms with Crippen molar-refractivity contribution in [3.63, 3.8) is 0 Å². The number of nitrogens with one attached hydrogen (secondary N) is 1. The lowest BCUT2D eigenvalue weighted by Crippen LogP contribution is -2.40. The Morgan fingerprint density at radius 2 is 2.11 bits per heavy atom. The summed E-state index contributed by atoms with van der Waals surface area (Å²) >= 11 is 0. The molecule has 4 nitrogen and oxygen atoms in total. The maximum absolute atomic E-state index is 12.7. The molecule has 0 aromatic heterocycles. The fourth-order valence-corrected chi connectivity index (χ4v) is 1.76. The minimum absolute atomic E-state index is 0.0977. The molecular weight excluding hydrogens is 249 g/mol. The molecule has 1 aromatic carbocycles. The Morgan fingerprint density at radius 1 is 1.47 bits per heavy atom. The number of halogens is 1. The molecule has 0 aliphatic heterocycles. The van der Waals surface area contributed by atoms with Gasteiger partial charge in [-0.3, -0.25) is 4.79 Å². The number of benzene rings is 1. The third-order valence-electron chi connectivity index (χ3n) is 3.43. The molecule has 0 radical (unpaired) electrons. The Labute approximate surface area is 111 Å². The molecule has 1 aliphatic carbocycles. The average molecular weight is 267 g/mol. The van der Waals surface area contributed by atoms with Gasteiger partial charge >= 0.3 is 0 Å². The molecule has 1 fully saturated rings. The summed E-state index contributed by atoms with van der Waals surface area (Å²) in [6.45, 7) is 2.21. The zero-order chi connectivity index (χ0) is 13.9. The van der Waals surface area contributed by atoms with Gasteiger partial charge in [-0.05, 0) is 44.0 Å². The minimum atomic E-state index is -0.653. The summed E-state index contributed by atoms with van der Waals surface area (Å²) in [5.74, 6) is -0.125. The van der Waals surface area contributed by atoms with Gasteiger partial charge in [0, 0.05) is 12.0 Å². The molecular formula is C14H18FNO3. The summed E-state index contributed by atoms with van der Waals surface area (Å²) in [7, 11) is 0. The lowest BCUT2D eigenvalue weighted by atomic mass is 10.1. The summed E-state index contributed by atoms with van der Waals surface area (Å²) in [5, 5.41) is 11.9. The Morgan fingerprint density at radius 3 is 2.63 bits per heavy atom. The molecule has 0 bridgehead atoms. The van der Waals surface area contributed by atoms with Crippen molar-refractivity contribution < 1.29 is 19.0 Å². The summed E-state index contributed by atoms with van der Waals surface area (Å²) in [6, 6.07) is 5.53. The topological polar surface area (TPSA) is 58.6 Å². The second-order valence-corrected chi connectivity index (χ2v) is 5.09. The van der Waals surface area contributed by atoms with Crippen LogP contribution in [0.4, 0.5) is 4.39 Å². The number of carbonyl (C=O) groups is 1. The lowest BCUT2D eigenvalue weighted by molar-refractivity contribution is -0.127. The van der Waals surface area contributed by atoms with Crippen molar-refractivity contribution >= 4 is 5.91 Å². The smallest absolute Gasteiger partial charge is 0.260 e. The van der Waals surface area contributed by atoms with Gasteiger partial charge in [0.1, 0.15) is 11.6 Å². The molecule has 1 amide bonds. The summed E-state index contributed by atoms with van der Waals surface area (Å²) in [6.07, 6.45) is 1.23. The van der Waals surface area contributed by atoms with Gasteiger partial charge in [0.2, 0.25) is 0 Å². The van der Waals surface area contributed by atoms with Crippen molar-refractivity contribution in [1.29, 1.82) is 0 Å². The van der Waals surface area contributed by atoms with Gasteiger partial charge in [-0.2, -0.15) is 0 Å². The summed E-state index contributed by atoms with van der Waals surface area (Å²) in [4.78, 5) is 11.8. The van der Waals surface area contributed by atoms with E-state index in [0.29, 0.717) is 12.3 Å². The molecule has 0 saturated heterocycles. The fourth-order valence-electron chi connectivity index (χ4n) is 1.76. The van der Waals surface area contributed by atoms with Crippen molar-refractivity contribution in [3.05, 3.63) is 30.1 Å². The normalized spacial score (nSPS) is 17.6. The zero-order valence-corrected chi connectivity index (χ0v) is 10.9. The number of hydrogen-bond acceptors (Lipinski definition) is 3. The van der Waals surface area contributed by atoms with Gasteiger partial charge in [0.15, 0.2) is 6.10 Å². The monoisotopic (exact) mass is 267 g/mol. The van der Waals surface area contributed by atoms with Gasteiger partial charge in [-0.25, -0.2) is 4.39 Å². The third kappa shape index (κ3) is 3.67. The van der Waals surface area contributed by atoms with Gasteiger partial charge in [0.25, 0.3) is 5.91 Å². The molecule has 104 valence electrons. The van der Waals surface area contributed by atoms with E-state index in [4.69, 9.17) is 9.84 Å². The maximum atomic E-state index is 12.7. The minimum Gasteiger partial charge on any atom is -0.481 e. The van der Waals surface area contributed by atoms with Crippen molar-refractivity contribution in [1.82, 2.24) is 5.32 Å². The van der Waals surface area contributed by atoms with Crippen LogP contribution in [0.3, 0.4) is 0 Å². The van der Waals surface area contributed by atoms with Crippen LogP contribution in [0, 0.1) is 11.2 Å². The number of amides is 1. The van der Waals surface area contributed by atoms with Gasteiger partial charge in [-0.1, -0.05) is 0 Å². The predicted octanol–water partition coefficient (Wildman–Crippen LogP) is 1.48. The first kappa shape index (κ1) is 13.8. The SMILES string of the molecule is CC(Oc1ccc(F)cc1)C(=O)NCC1(CO)CC1. The number of carbonyl (C=O) groups excluding carboxylic acids is 1. The molecule has 2 rings (SSSR count). The van der Waals surface area contributed by atoms with E-state index in [1.54, 1.807) is 6.92 Å². The quantitative estimate of drug-likeness (QED) is 0.821. The highest BCUT2D eigenvalue weighted by atomic mass is 19.1. The fraction of sp³-hybridized carbons (Fsp3) is 0.500. The van der Waals surface area contributed by atoms with Gasteiger partial charge in [0.05, 0.1) is 6.61 Å². The van der Waals surface area contributed by atoms with Crippen LogP contribution in [0.2, 0.25) is 0 Å². The molecule has 19 heavy (non-hydrogen) atoms. The highest BCUT2D eigenvalue weighted by Gasteiger charge is 2.42. The Balaban J connectivity index is 1.80. The Hall–Kier alpha value is -1.62. The maximum Gasteiger partial charge on any atom is 0.260 e. The number of ether oxygens (including phenoxy) is 1. The molecule has 5 heteroatoms. The van der Waals surface area contributed by atoms with Crippen LogP contribution in [-0.4, -0.2) is 30.3 Å². The zero-order valence-electron chi connectivity index (χ0n) is 10.9. The van der Waals surface area contributed by atoms with E-state index < -0.39 is 6.10 Å². The van der Waals surface area contributed by atoms with Crippen LogP contribution in [0.1, 0.15) is 19.8 Å². The van der Waals surface area contributed by atoms with E-state index >= 15 is 0 Å². The van der Waals surface area contributed by atoms with E-state index in [-0.39, 0.29) is 23.7 Å². The first-order valence-corrected chi connectivity index (χ1v) is 6.35. The van der Waals surface area contributed by atoms with Crippen LogP contribution in [0.5, 0.6) is 5.75 Å². The average Bonchev–Trinajstić information content (AvgIpc) is 3.19. The summed E-state index contributed by atoms with van der Waals surface area (Å²) < 4.78 is 18.1. The van der Waals surface area contributed by atoms with E-state index in [2.05, 4.69) is 5.32 Å². The highest BCUT2D eigenvalue weighted by molar-refractivity contribution is 5.80. The first-order valence-electron chi connectivity index (χ1n) is 6.35. The highest BCUT2D eigenvalue weighted by Crippen LogP contribution is 2.44. The molecule has 1 aromatic rings. The Bertz CT molecular complexity index is 443. The van der Waals surface area contributed by atoms with Crippen LogP contribution in [-0.2, 0) is 4.79 Å². The third-order valence-corrected chi connectivity index (χ3v) is 3.43. The van der Waals surface area contributed by atoms with Crippen LogP contribution in [0.15, 0.2) is 24.3 Å². The van der Waals surface area contributed by atoms with E-state index in [9.17, 15) is 9.18 Å². The predicted molar refractivity (Wildman–Crippen MR) is 68.3 cm³/mol. The largest absolute Gasteiger partial charge is 0.481 e. The van der Waals surface area contributed by atoms with Crippen LogP contribution < -0.4 is 10.1 Å². The Kier molecular flexibility index (Phi) is 4.04. The number of aliphatic hydroxyl groups is 1. The molecule has 1 aliphatic rings. The van der Waals surface area contributed by atoms with Crippen molar-refractivity contribution in [2.45, 2.75) is 25.9 Å². The van der Waals surface area contributed by atoms with Crippen LogP contribution >= 0.6 is 0 Å². The van der Waals surface area contributed by atoms with Gasteiger partial charge in [-0.15, -0.1) is 0 Å². The van der Waals surface area contributed by atoms with Crippen LogP contribution in [0.25, 0.3) is 0 Å². The molecule has 1 unspecified atom stereocenters. The second kappa shape index (κ2) is 5.57. The van der Waals surface area contributed by atoms with E-state index in [0.717, 1.165) is 12.8 Å². The number of rotatable bonds is 6. The molecule has 1 atom stereocenters. The van der Waals surface area contributed by atoms with E-state index in [1.807, 2.05) is 0 Å². The number of hydrogen-bond donors (Lipinski definition) is 2. The second-order valence-electron chi connectivity index (χ2n) is 5.09. The van der Waals surface area contributed by atoms with Crippen molar-refractivity contribution in [3.8, 4) is 5.75 Å². The number of aliphatic hydroxyl groups excluding tert-OH is 1. The van der Waals surface area contributed by atoms with Crippen molar-refractivity contribution in [2.24, 2.45) is 5.41 Å². The first-order chi connectivity index (χ1) is 9.04. The molecule has 1 saturated carbocycles. The lowest BCUT2D eigenvalue weighted by Gasteiger charge is -2.17. The van der Waals surface area contributed by atoms with Crippen molar-refractivity contribution in [2.75, 3.05) is 13.2 Å². The molecule has 0 heterocycles. The molecule has 0 spiro atoms. The van der Waals surface area contributed by atoms with Gasteiger partial charge < -0.3 is 15.2 Å². The molecule has 2 N–H and O–H groups in total. The van der Waals surface area contributed by atoms with E-state index in [1.165, 1.54) is 24.3 Å². The standard InChI is InChI=1S/C14H18FNO3/c1-10(19-12-4-2-11(15)3-5-12)13(18)16-8-14(9-17)6-7-14/h2-5,10,17H,6-9H2,1H3,(H,16,18).